The van der Waals surface area contributed by atoms with Crippen molar-refractivity contribution in [2.75, 3.05) is 0 Å². The van der Waals surface area contributed by atoms with Crippen LogP contribution in [0.1, 0.15) is 5.56 Å². The molecule has 2 N–H and O–H groups in total. The van der Waals surface area contributed by atoms with E-state index < -0.39 is 0 Å². The smallest absolute Gasteiger partial charge is 0.264 e. The van der Waals surface area contributed by atoms with Gasteiger partial charge in [0.2, 0.25) is 0 Å². The summed E-state index contributed by atoms with van der Waals surface area (Å²) in [5.41, 5.74) is 1.36. The molecule has 1 aromatic carbocycles. The topological polar surface area (TPSA) is 66.0 Å². The van der Waals surface area contributed by atoms with Gasteiger partial charge in [-0.25, -0.2) is 5.10 Å². The van der Waals surface area contributed by atoms with Gasteiger partial charge in [0.1, 0.15) is 5.75 Å². The molecular weight excluding hydrogens is 307 g/mol. The highest BCUT2D eigenvalue weighted by molar-refractivity contribution is 9.10. The number of benzene rings is 1. The van der Waals surface area contributed by atoms with Crippen LogP contribution in [0.5, 0.6) is 5.75 Å². The number of hydrogen-bond acceptors (Lipinski definition) is 3. The van der Waals surface area contributed by atoms with E-state index in [1.54, 1.807) is 13.0 Å². The number of aromatic hydroxyl groups is 1. The second-order valence-corrected chi connectivity index (χ2v) is 4.70. The molecular formula is C11H8BrClN2O2. The first-order valence-corrected chi connectivity index (χ1v) is 5.91. The summed E-state index contributed by atoms with van der Waals surface area (Å²) >= 11 is 9.29. The summed E-state index contributed by atoms with van der Waals surface area (Å²) in [6.45, 7) is 1.79. The maximum absolute atomic E-state index is 10.9. The molecule has 0 radical (unpaired) electrons. The average molecular weight is 316 g/mol. The first kappa shape index (κ1) is 12.1. The van der Waals surface area contributed by atoms with E-state index in [-0.39, 0.29) is 11.3 Å². The van der Waals surface area contributed by atoms with Crippen molar-refractivity contribution in [3.8, 4) is 17.0 Å². The molecule has 2 rings (SSSR count). The van der Waals surface area contributed by atoms with Crippen LogP contribution in [0.15, 0.2) is 27.5 Å². The van der Waals surface area contributed by atoms with E-state index in [1.165, 1.54) is 12.1 Å². The predicted molar refractivity (Wildman–Crippen MR) is 69.4 cm³/mol. The monoisotopic (exact) mass is 314 g/mol. The van der Waals surface area contributed by atoms with Crippen molar-refractivity contribution in [3.63, 3.8) is 0 Å². The lowest BCUT2D eigenvalue weighted by Crippen LogP contribution is -2.05. The Hall–Kier alpha value is -1.33. The second kappa shape index (κ2) is 4.50. The van der Waals surface area contributed by atoms with Gasteiger partial charge in [0.25, 0.3) is 5.56 Å². The molecule has 2 aromatic rings. The van der Waals surface area contributed by atoms with Crippen molar-refractivity contribution in [3.05, 3.63) is 43.6 Å². The Balaban J connectivity index is 2.68. The van der Waals surface area contributed by atoms with Crippen LogP contribution in [0, 0.1) is 6.92 Å². The van der Waals surface area contributed by atoms with Crippen LogP contribution in [0.25, 0.3) is 11.3 Å². The molecule has 17 heavy (non-hydrogen) atoms. The second-order valence-electron chi connectivity index (χ2n) is 3.50. The standard InChI is InChI=1S/C11H8BrClN2O2/c1-5-7(13)4-6(11(17)10(5)12)8-2-3-9(16)15-14-8/h2-4,17H,1H3,(H,15,16). The van der Waals surface area contributed by atoms with Gasteiger partial charge in [-0.3, -0.25) is 4.79 Å². The highest BCUT2D eigenvalue weighted by Gasteiger charge is 2.14. The molecule has 6 heteroatoms. The molecule has 0 saturated heterocycles. The molecule has 0 unspecified atom stereocenters. The minimum absolute atomic E-state index is 0.0476. The third kappa shape index (κ3) is 2.21. The number of aromatic nitrogens is 2. The number of aromatic amines is 1. The van der Waals surface area contributed by atoms with Crippen LogP contribution >= 0.6 is 27.5 Å². The zero-order chi connectivity index (χ0) is 12.6. The summed E-state index contributed by atoms with van der Waals surface area (Å²) in [7, 11) is 0. The van der Waals surface area contributed by atoms with Crippen molar-refractivity contribution in [1.82, 2.24) is 10.2 Å². The molecule has 0 amide bonds. The highest BCUT2D eigenvalue weighted by atomic mass is 79.9. The summed E-state index contributed by atoms with van der Waals surface area (Å²) in [6, 6.07) is 4.47. The van der Waals surface area contributed by atoms with Crippen LogP contribution in [0.3, 0.4) is 0 Å². The first-order chi connectivity index (χ1) is 8.00. The minimum atomic E-state index is -0.300. The van der Waals surface area contributed by atoms with Gasteiger partial charge in [0.05, 0.1) is 10.2 Å². The normalized spacial score (nSPS) is 10.5. The predicted octanol–water partition coefficient (Wildman–Crippen LogP) is 2.87. The molecule has 0 aliphatic rings. The number of nitrogens with zero attached hydrogens (tertiary/aromatic N) is 1. The molecule has 0 aliphatic heterocycles. The number of H-pyrrole nitrogens is 1. The third-order valence-electron chi connectivity index (χ3n) is 2.38. The maximum atomic E-state index is 10.9. The van der Waals surface area contributed by atoms with Crippen LogP contribution in [-0.2, 0) is 0 Å². The van der Waals surface area contributed by atoms with Crippen molar-refractivity contribution >= 4 is 27.5 Å². The van der Waals surface area contributed by atoms with Gasteiger partial charge in [0.15, 0.2) is 0 Å². The van der Waals surface area contributed by atoms with Crippen molar-refractivity contribution < 1.29 is 5.11 Å². The SMILES string of the molecule is Cc1c(Cl)cc(-c2ccc(=O)[nH]n2)c(O)c1Br. The summed E-state index contributed by atoms with van der Waals surface area (Å²) in [5, 5.41) is 16.6. The molecule has 0 spiro atoms. The Labute approximate surface area is 110 Å². The van der Waals surface area contributed by atoms with E-state index >= 15 is 0 Å². The molecule has 0 fully saturated rings. The number of phenols is 1. The molecule has 0 aliphatic carbocycles. The van der Waals surface area contributed by atoms with Crippen LogP contribution in [0.2, 0.25) is 5.02 Å². The summed E-state index contributed by atoms with van der Waals surface area (Å²) in [4.78, 5) is 10.9. The molecule has 88 valence electrons. The minimum Gasteiger partial charge on any atom is -0.506 e. The quantitative estimate of drug-likeness (QED) is 0.850. The van der Waals surface area contributed by atoms with Gasteiger partial charge in [-0.15, -0.1) is 0 Å². The van der Waals surface area contributed by atoms with E-state index in [9.17, 15) is 9.90 Å². The lowest BCUT2D eigenvalue weighted by molar-refractivity contribution is 0.473. The van der Waals surface area contributed by atoms with Crippen molar-refractivity contribution in [2.24, 2.45) is 0 Å². The largest absolute Gasteiger partial charge is 0.506 e. The number of phenolic OH excluding ortho intramolecular Hbond substituents is 1. The van der Waals surface area contributed by atoms with Crippen LogP contribution in [0.4, 0.5) is 0 Å². The summed E-state index contributed by atoms with van der Waals surface area (Å²) in [6.07, 6.45) is 0. The van der Waals surface area contributed by atoms with Crippen LogP contribution in [-0.4, -0.2) is 15.3 Å². The van der Waals surface area contributed by atoms with E-state index in [1.807, 2.05) is 0 Å². The van der Waals surface area contributed by atoms with E-state index in [2.05, 4.69) is 26.1 Å². The Morgan fingerprint density at radius 1 is 1.47 bits per heavy atom. The highest BCUT2D eigenvalue weighted by Crippen LogP contribution is 2.40. The number of hydrogen-bond donors (Lipinski definition) is 2. The lowest BCUT2D eigenvalue weighted by atomic mass is 10.1. The average Bonchev–Trinajstić information content (AvgIpc) is 2.32. The lowest BCUT2D eigenvalue weighted by Gasteiger charge is -2.09. The third-order valence-corrected chi connectivity index (χ3v) is 3.74. The molecule has 1 heterocycles. The van der Waals surface area contributed by atoms with Gasteiger partial charge in [0, 0.05) is 16.7 Å². The summed E-state index contributed by atoms with van der Waals surface area (Å²) < 4.78 is 0.521. The fourth-order valence-corrected chi connectivity index (χ4v) is 2.14. The molecule has 0 atom stereocenters. The van der Waals surface area contributed by atoms with Crippen molar-refractivity contribution in [2.45, 2.75) is 6.92 Å². The van der Waals surface area contributed by atoms with E-state index in [0.717, 1.165) is 5.56 Å². The van der Waals surface area contributed by atoms with Crippen LogP contribution < -0.4 is 5.56 Å². The fourth-order valence-electron chi connectivity index (χ4n) is 1.39. The number of halogens is 2. The van der Waals surface area contributed by atoms with Gasteiger partial charge >= 0.3 is 0 Å². The van der Waals surface area contributed by atoms with Gasteiger partial charge < -0.3 is 5.11 Å². The Kier molecular flexibility index (Phi) is 3.22. The first-order valence-electron chi connectivity index (χ1n) is 4.74. The zero-order valence-electron chi connectivity index (χ0n) is 8.79. The van der Waals surface area contributed by atoms with Gasteiger partial charge in [-0.2, -0.15) is 5.10 Å². The van der Waals surface area contributed by atoms with Crippen molar-refractivity contribution in [1.29, 1.82) is 0 Å². The van der Waals surface area contributed by atoms with Gasteiger partial charge in [-0.1, -0.05) is 11.6 Å². The van der Waals surface area contributed by atoms with Gasteiger partial charge in [-0.05, 0) is 40.5 Å². The molecule has 0 bridgehead atoms. The molecule has 1 aromatic heterocycles. The Morgan fingerprint density at radius 2 is 2.18 bits per heavy atom. The molecule has 4 nitrogen and oxygen atoms in total. The molecule has 0 saturated carbocycles. The number of nitrogens with one attached hydrogen (secondary N) is 1. The maximum Gasteiger partial charge on any atom is 0.264 e. The Morgan fingerprint density at radius 3 is 2.76 bits per heavy atom. The van der Waals surface area contributed by atoms with E-state index in [4.69, 9.17) is 11.6 Å². The summed E-state index contributed by atoms with van der Waals surface area (Å²) in [5.74, 6) is 0.0476. The fraction of sp³-hybridized carbons (Fsp3) is 0.0909. The number of rotatable bonds is 1. The Bertz CT molecular complexity index is 620. The zero-order valence-corrected chi connectivity index (χ0v) is 11.1. The van der Waals surface area contributed by atoms with E-state index in [0.29, 0.717) is 20.8 Å².